The van der Waals surface area contributed by atoms with Crippen LogP contribution in [0.1, 0.15) is 29.5 Å². The normalized spacial score (nSPS) is 22.1. The lowest BCUT2D eigenvalue weighted by Crippen LogP contribution is -2.45. The van der Waals surface area contributed by atoms with Gasteiger partial charge in [0.25, 0.3) is 0 Å². The Bertz CT molecular complexity index is 584. The maximum atomic E-state index is 11.0. The molecule has 2 aromatic carbocycles. The second kappa shape index (κ2) is 7.28. The summed E-state index contributed by atoms with van der Waals surface area (Å²) >= 11 is 0. The van der Waals surface area contributed by atoms with Crippen LogP contribution in [-0.4, -0.2) is 23.1 Å². The summed E-state index contributed by atoms with van der Waals surface area (Å²) in [6.07, 6.45) is 1.89. The first-order valence-corrected chi connectivity index (χ1v) is 7.72. The lowest BCUT2D eigenvalue weighted by atomic mass is 9.85. The largest absolute Gasteiger partial charge is 0.384 e. The van der Waals surface area contributed by atoms with Crippen LogP contribution in [-0.2, 0) is 12.1 Å². The molecule has 0 aromatic heterocycles. The predicted molar refractivity (Wildman–Crippen MR) is 93.3 cm³/mol. The highest BCUT2D eigenvalue weighted by molar-refractivity contribution is 5.85. The van der Waals surface area contributed by atoms with Crippen molar-refractivity contribution in [3.05, 3.63) is 71.3 Å². The summed E-state index contributed by atoms with van der Waals surface area (Å²) in [5, 5.41) is 11.0. The summed E-state index contributed by atoms with van der Waals surface area (Å²) < 4.78 is 0. The Morgan fingerprint density at radius 1 is 1.05 bits per heavy atom. The van der Waals surface area contributed by atoms with Crippen molar-refractivity contribution in [1.82, 2.24) is 4.90 Å². The van der Waals surface area contributed by atoms with E-state index in [1.807, 2.05) is 6.07 Å². The standard InChI is InChI=1S/C19H23NO.ClH/c1-16-8-10-18(11-9-16)19(21)12-5-13-20(15-19)14-17-6-3-2-4-7-17;/h2-4,6-11,21H,5,12-15H2,1H3;1H. The average Bonchev–Trinajstić information content (AvgIpc) is 2.49. The van der Waals surface area contributed by atoms with Gasteiger partial charge in [0.15, 0.2) is 0 Å². The summed E-state index contributed by atoms with van der Waals surface area (Å²) in [4.78, 5) is 2.36. The third-order valence-corrected chi connectivity index (χ3v) is 4.39. The van der Waals surface area contributed by atoms with Gasteiger partial charge in [0.1, 0.15) is 5.60 Å². The molecule has 0 saturated carbocycles. The van der Waals surface area contributed by atoms with E-state index in [1.165, 1.54) is 11.1 Å². The fourth-order valence-electron chi connectivity index (χ4n) is 3.20. The topological polar surface area (TPSA) is 23.5 Å². The molecule has 1 N–H and O–H groups in total. The lowest BCUT2D eigenvalue weighted by molar-refractivity contribution is -0.0381. The highest BCUT2D eigenvalue weighted by atomic mass is 35.5. The average molecular weight is 318 g/mol. The SMILES string of the molecule is Cc1ccc(C2(O)CCCN(Cc3ccccc3)C2)cc1.Cl. The molecular formula is C19H24ClNO. The van der Waals surface area contributed by atoms with Crippen molar-refractivity contribution in [2.24, 2.45) is 0 Å². The molecule has 0 bridgehead atoms. The minimum absolute atomic E-state index is 0. The zero-order chi connectivity index (χ0) is 14.7. The first kappa shape index (κ1) is 17.0. The van der Waals surface area contributed by atoms with Crippen LogP contribution in [0.5, 0.6) is 0 Å². The molecule has 22 heavy (non-hydrogen) atoms. The molecule has 3 rings (SSSR count). The van der Waals surface area contributed by atoms with Gasteiger partial charge in [0.2, 0.25) is 0 Å². The lowest BCUT2D eigenvalue weighted by Gasteiger charge is -2.39. The van der Waals surface area contributed by atoms with Crippen molar-refractivity contribution in [1.29, 1.82) is 0 Å². The van der Waals surface area contributed by atoms with Crippen molar-refractivity contribution in [2.75, 3.05) is 13.1 Å². The van der Waals surface area contributed by atoms with Crippen molar-refractivity contribution < 1.29 is 5.11 Å². The van der Waals surface area contributed by atoms with E-state index in [9.17, 15) is 5.11 Å². The number of aryl methyl sites for hydroxylation is 1. The van der Waals surface area contributed by atoms with Gasteiger partial charge >= 0.3 is 0 Å². The molecule has 0 spiro atoms. The quantitative estimate of drug-likeness (QED) is 0.928. The Morgan fingerprint density at radius 2 is 1.73 bits per heavy atom. The number of hydrogen-bond acceptors (Lipinski definition) is 2. The zero-order valence-electron chi connectivity index (χ0n) is 13.0. The minimum atomic E-state index is -0.708. The highest BCUT2D eigenvalue weighted by Gasteiger charge is 2.34. The Balaban J connectivity index is 0.00000176. The van der Waals surface area contributed by atoms with Crippen molar-refractivity contribution in [3.8, 4) is 0 Å². The number of likely N-dealkylation sites (tertiary alicyclic amines) is 1. The number of nitrogens with zero attached hydrogens (tertiary/aromatic N) is 1. The zero-order valence-corrected chi connectivity index (χ0v) is 13.9. The van der Waals surface area contributed by atoms with Gasteiger partial charge in [-0.25, -0.2) is 0 Å². The van der Waals surface area contributed by atoms with E-state index in [0.29, 0.717) is 6.54 Å². The van der Waals surface area contributed by atoms with Gasteiger partial charge in [-0.3, -0.25) is 4.90 Å². The van der Waals surface area contributed by atoms with Crippen LogP contribution in [0.25, 0.3) is 0 Å². The molecule has 0 radical (unpaired) electrons. The van der Waals surface area contributed by atoms with Crippen LogP contribution >= 0.6 is 12.4 Å². The van der Waals surface area contributed by atoms with E-state index in [-0.39, 0.29) is 12.4 Å². The molecule has 0 amide bonds. The van der Waals surface area contributed by atoms with Crippen LogP contribution in [0.4, 0.5) is 0 Å². The van der Waals surface area contributed by atoms with E-state index in [2.05, 4.69) is 60.4 Å². The number of β-amino-alcohol motifs (C(OH)–C–C–N with tert-alkyl or cyclic N) is 1. The molecular weight excluding hydrogens is 294 g/mol. The molecule has 0 aliphatic carbocycles. The molecule has 1 fully saturated rings. The van der Waals surface area contributed by atoms with Gasteiger partial charge in [-0.1, -0.05) is 60.2 Å². The molecule has 1 aliphatic heterocycles. The van der Waals surface area contributed by atoms with Gasteiger partial charge in [0.05, 0.1) is 0 Å². The van der Waals surface area contributed by atoms with Crippen LogP contribution in [0, 0.1) is 6.92 Å². The molecule has 1 unspecified atom stereocenters. The van der Waals surface area contributed by atoms with Crippen molar-refractivity contribution in [3.63, 3.8) is 0 Å². The molecule has 3 heteroatoms. The van der Waals surface area contributed by atoms with Crippen molar-refractivity contribution in [2.45, 2.75) is 31.9 Å². The maximum absolute atomic E-state index is 11.0. The molecule has 118 valence electrons. The number of benzene rings is 2. The van der Waals surface area contributed by atoms with Gasteiger partial charge in [-0.2, -0.15) is 0 Å². The second-order valence-corrected chi connectivity index (χ2v) is 6.20. The Kier molecular flexibility index (Phi) is 5.63. The number of rotatable bonds is 3. The highest BCUT2D eigenvalue weighted by Crippen LogP contribution is 2.32. The third-order valence-electron chi connectivity index (χ3n) is 4.39. The fraction of sp³-hybridized carbons (Fsp3) is 0.368. The summed E-state index contributed by atoms with van der Waals surface area (Å²) in [6, 6.07) is 18.8. The first-order chi connectivity index (χ1) is 10.2. The van der Waals surface area contributed by atoms with E-state index in [1.54, 1.807) is 0 Å². The second-order valence-electron chi connectivity index (χ2n) is 6.20. The number of aliphatic hydroxyl groups is 1. The van der Waals surface area contributed by atoms with Crippen LogP contribution in [0.3, 0.4) is 0 Å². The molecule has 1 atom stereocenters. The third kappa shape index (κ3) is 3.89. The fourth-order valence-corrected chi connectivity index (χ4v) is 3.20. The summed E-state index contributed by atoms with van der Waals surface area (Å²) in [5.74, 6) is 0. The van der Waals surface area contributed by atoms with Crippen LogP contribution in [0.2, 0.25) is 0 Å². The van der Waals surface area contributed by atoms with E-state index >= 15 is 0 Å². The van der Waals surface area contributed by atoms with Gasteiger partial charge in [-0.05, 0) is 37.4 Å². The van der Waals surface area contributed by atoms with E-state index < -0.39 is 5.60 Å². The molecule has 1 saturated heterocycles. The summed E-state index contributed by atoms with van der Waals surface area (Å²) in [5.41, 5.74) is 2.89. The van der Waals surface area contributed by atoms with Gasteiger partial charge < -0.3 is 5.11 Å². The Labute approximate surface area is 139 Å². The maximum Gasteiger partial charge on any atom is 0.102 e. The molecule has 2 aromatic rings. The summed E-state index contributed by atoms with van der Waals surface area (Å²) in [6.45, 7) is 4.76. The first-order valence-electron chi connectivity index (χ1n) is 7.72. The molecule has 1 heterocycles. The summed E-state index contributed by atoms with van der Waals surface area (Å²) in [7, 11) is 0. The Morgan fingerprint density at radius 3 is 2.41 bits per heavy atom. The predicted octanol–water partition coefficient (Wildman–Crippen LogP) is 3.90. The molecule has 2 nitrogen and oxygen atoms in total. The Hall–Kier alpha value is -1.35. The monoisotopic (exact) mass is 317 g/mol. The van der Waals surface area contributed by atoms with Crippen LogP contribution in [0.15, 0.2) is 54.6 Å². The van der Waals surface area contributed by atoms with Crippen molar-refractivity contribution >= 4 is 12.4 Å². The van der Waals surface area contributed by atoms with Gasteiger partial charge in [-0.15, -0.1) is 12.4 Å². The van der Waals surface area contributed by atoms with Crippen LogP contribution < -0.4 is 0 Å². The van der Waals surface area contributed by atoms with E-state index in [4.69, 9.17) is 0 Å². The number of hydrogen-bond donors (Lipinski definition) is 1. The smallest absolute Gasteiger partial charge is 0.102 e. The van der Waals surface area contributed by atoms with E-state index in [0.717, 1.165) is 31.5 Å². The van der Waals surface area contributed by atoms with Gasteiger partial charge in [0, 0.05) is 13.1 Å². The number of piperidine rings is 1. The molecule has 1 aliphatic rings. The minimum Gasteiger partial charge on any atom is -0.384 e. The number of halogens is 1.